The number of nitrogens with one attached hydrogen (secondary N) is 2. The second kappa shape index (κ2) is 10.4. The maximum absolute atomic E-state index is 13.1. The Morgan fingerprint density at radius 2 is 1.97 bits per heavy atom. The SMILES string of the molecule is Cc1ccc(NC(=O)N2CCC[C@@H](CCC(=O)NCc3ccc(F)cc3Cl)C2)cc1. The number of piperidine rings is 1. The number of benzene rings is 2. The molecule has 0 saturated carbocycles. The Labute approximate surface area is 181 Å². The lowest BCUT2D eigenvalue weighted by atomic mass is 9.93. The van der Waals surface area contributed by atoms with Crippen molar-refractivity contribution in [2.45, 2.75) is 39.2 Å². The number of carbonyl (C=O) groups excluding carboxylic acids is 2. The summed E-state index contributed by atoms with van der Waals surface area (Å²) in [5, 5.41) is 6.08. The van der Waals surface area contributed by atoms with E-state index in [1.54, 1.807) is 6.07 Å². The molecule has 2 N–H and O–H groups in total. The first-order chi connectivity index (χ1) is 14.4. The van der Waals surface area contributed by atoms with E-state index in [1.807, 2.05) is 36.1 Å². The summed E-state index contributed by atoms with van der Waals surface area (Å²) >= 11 is 5.99. The molecule has 0 aromatic heterocycles. The molecule has 1 aliphatic rings. The predicted molar refractivity (Wildman–Crippen MR) is 117 cm³/mol. The van der Waals surface area contributed by atoms with Gasteiger partial charge in [0.25, 0.3) is 0 Å². The number of urea groups is 1. The van der Waals surface area contributed by atoms with Gasteiger partial charge in [-0.25, -0.2) is 9.18 Å². The van der Waals surface area contributed by atoms with Crippen LogP contribution in [0.1, 0.15) is 36.8 Å². The maximum Gasteiger partial charge on any atom is 0.321 e. The van der Waals surface area contributed by atoms with E-state index in [4.69, 9.17) is 11.6 Å². The van der Waals surface area contributed by atoms with Gasteiger partial charge < -0.3 is 15.5 Å². The topological polar surface area (TPSA) is 61.4 Å². The lowest BCUT2D eigenvalue weighted by Gasteiger charge is -2.32. The number of amides is 3. The third kappa shape index (κ3) is 6.46. The summed E-state index contributed by atoms with van der Waals surface area (Å²) in [6, 6.07) is 11.8. The molecule has 2 aromatic rings. The average Bonchev–Trinajstić information content (AvgIpc) is 2.73. The molecule has 1 aliphatic heterocycles. The summed E-state index contributed by atoms with van der Waals surface area (Å²) in [6.07, 6.45) is 3.04. The molecular weight excluding hydrogens is 405 g/mol. The molecule has 2 aromatic carbocycles. The van der Waals surface area contributed by atoms with Crippen molar-refractivity contribution in [1.82, 2.24) is 10.2 Å². The molecule has 30 heavy (non-hydrogen) atoms. The van der Waals surface area contributed by atoms with Gasteiger partial charge in [0, 0.05) is 36.8 Å². The first-order valence-electron chi connectivity index (χ1n) is 10.2. The zero-order chi connectivity index (χ0) is 21.5. The van der Waals surface area contributed by atoms with Crippen molar-refractivity contribution in [3.8, 4) is 0 Å². The number of nitrogens with zero attached hydrogens (tertiary/aromatic N) is 1. The molecule has 0 radical (unpaired) electrons. The van der Waals surface area contributed by atoms with Crippen LogP contribution in [0, 0.1) is 18.7 Å². The number of hydrogen-bond acceptors (Lipinski definition) is 2. The normalized spacial score (nSPS) is 16.2. The van der Waals surface area contributed by atoms with Crippen molar-refractivity contribution in [2.75, 3.05) is 18.4 Å². The highest BCUT2D eigenvalue weighted by molar-refractivity contribution is 6.31. The number of anilines is 1. The minimum absolute atomic E-state index is 0.0726. The van der Waals surface area contributed by atoms with Crippen LogP contribution in [0.25, 0.3) is 0 Å². The molecular formula is C23H27ClFN3O2. The lowest BCUT2D eigenvalue weighted by molar-refractivity contribution is -0.121. The van der Waals surface area contributed by atoms with Crippen LogP contribution in [0.5, 0.6) is 0 Å². The van der Waals surface area contributed by atoms with Gasteiger partial charge in [0.15, 0.2) is 0 Å². The molecule has 7 heteroatoms. The van der Waals surface area contributed by atoms with Crippen LogP contribution in [0.3, 0.4) is 0 Å². The van der Waals surface area contributed by atoms with Gasteiger partial charge in [0.2, 0.25) is 5.91 Å². The molecule has 1 atom stereocenters. The fourth-order valence-electron chi connectivity index (χ4n) is 3.61. The molecule has 160 valence electrons. The van der Waals surface area contributed by atoms with Crippen LogP contribution < -0.4 is 10.6 Å². The number of carbonyl (C=O) groups is 2. The molecule has 0 spiro atoms. The van der Waals surface area contributed by atoms with Crippen LogP contribution >= 0.6 is 11.6 Å². The highest BCUT2D eigenvalue weighted by atomic mass is 35.5. The van der Waals surface area contributed by atoms with E-state index >= 15 is 0 Å². The van der Waals surface area contributed by atoms with E-state index in [0.717, 1.165) is 37.1 Å². The summed E-state index contributed by atoms with van der Waals surface area (Å²) in [5.41, 5.74) is 2.61. The van der Waals surface area contributed by atoms with Gasteiger partial charge >= 0.3 is 6.03 Å². The van der Waals surface area contributed by atoms with Gasteiger partial charge in [0.05, 0.1) is 0 Å². The van der Waals surface area contributed by atoms with E-state index < -0.39 is 5.82 Å². The maximum atomic E-state index is 13.1. The van der Waals surface area contributed by atoms with Crippen molar-refractivity contribution < 1.29 is 14.0 Å². The van der Waals surface area contributed by atoms with Crippen LogP contribution in [0.4, 0.5) is 14.9 Å². The van der Waals surface area contributed by atoms with Gasteiger partial charge in [-0.2, -0.15) is 0 Å². The fourth-order valence-corrected chi connectivity index (χ4v) is 3.84. The first kappa shape index (κ1) is 22.1. The van der Waals surface area contributed by atoms with Gasteiger partial charge in [-0.1, -0.05) is 35.4 Å². The lowest BCUT2D eigenvalue weighted by Crippen LogP contribution is -2.42. The Bertz CT molecular complexity index is 889. The summed E-state index contributed by atoms with van der Waals surface area (Å²) in [7, 11) is 0. The Morgan fingerprint density at radius 1 is 1.20 bits per heavy atom. The molecule has 3 amide bonds. The Balaban J connectivity index is 1.42. The van der Waals surface area contributed by atoms with Crippen LogP contribution in [0.15, 0.2) is 42.5 Å². The van der Waals surface area contributed by atoms with Gasteiger partial charge in [-0.05, 0) is 61.9 Å². The van der Waals surface area contributed by atoms with Crippen molar-refractivity contribution >= 4 is 29.2 Å². The first-order valence-corrected chi connectivity index (χ1v) is 10.6. The van der Waals surface area contributed by atoms with E-state index in [1.165, 1.54) is 12.1 Å². The molecule has 0 bridgehead atoms. The molecule has 1 heterocycles. The fraction of sp³-hybridized carbons (Fsp3) is 0.391. The van der Waals surface area contributed by atoms with Crippen molar-refractivity contribution in [2.24, 2.45) is 5.92 Å². The van der Waals surface area contributed by atoms with Crippen molar-refractivity contribution in [3.05, 3.63) is 64.4 Å². The van der Waals surface area contributed by atoms with Gasteiger partial charge in [-0.15, -0.1) is 0 Å². The van der Waals surface area contributed by atoms with E-state index in [2.05, 4.69) is 10.6 Å². The number of likely N-dealkylation sites (tertiary alicyclic amines) is 1. The Hall–Kier alpha value is -2.60. The minimum atomic E-state index is -0.400. The number of halogens is 2. The highest BCUT2D eigenvalue weighted by Gasteiger charge is 2.24. The average molecular weight is 432 g/mol. The highest BCUT2D eigenvalue weighted by Crippen LogP contribution is 2.22. The predicted octanol–water partition coefficient (Wildman–Crippen LogP) is 5.13. The molecule has 5 nitrogen and oxygen atoms in total. The zero-order valence-electron chi connectivity index (χ0n) is 17.1. The molecule has 3 rings (SSSR count). The zero-order valence-corrected chi connectivity index (χ0v) is 17.8. The second-order valence-electron chi connectivity index (χ2n) is 7.80. The molecule has 1 fully saturated rings. The smallest absolute Gasteiger partial charge is 0.321 e. The molecule has 0 unspecified atom stereocenters. The summed E-state index contributed by atoms with van der Waals surface area (Å²) in [6.45, 7) is 3.65. The van der Waals surface area contributed by atoms with E-state index in [0.29, 0.717) is 29.5 Å². The van der Waals surface area contributed by atoms with Crippen LogP contribution in [-0.2, 0) is 11.3 Å². The van der Waals surface area contributed by atoms with E-state index in [9.17, 15) is 14.0 Å². The quantitative estimate of drug-likeness (QED) is 0.666. The van der Waals surface area contributed by atoms with E-state index in [-0.39, 0.29) is 18.5 Å². The second-order valence-corrected chi connectivity index (χ2v) is 8.21. The van der Waals surface area contributed by atoms with Crippen molar-refractivity contribution in [3.63, 3.8) is 0 Å². The third-order valence-corrected chi connectivity index (χ3v) is 5.73. The summed E-state index contributed by atoms with van der Waals surface area (Å²) in [4.78, 5) is 26.6. The number of rotatable bonds is 6. The molecule has 1 saturated heterocycles. The van der Waals surface area contributed by atoms with Gasteiger partial charge in [0.1, 0.15) is 5.82 Å². The van der Waals surface area contributed by atoms with Crippen molar-refractivity contribution in [1.29, 1.82) is 0 Å². The molecule has 0 aliphatic carbocycles. The summed E-state index contributed by atoms with van der Waals surface area (Å²) in [5.74, 6) is -0.178. The van der Waals surface area contributed by atoms with Gasteiger partial charge in [-0.3, -0.25) is 4.79 Å². The number of hydrogen-bond donors (Lipinski definition) is 2. The Morgan fingerprint density at radius 3 is 2.70 bits per heavy atom. The summed E-state index contributed by atoms with van der Waals surface area (Å²) < 4.78 is 13.1. The largest absolute Gasteiger partial charge is 0.352 e. The number of aryl methyl sites for hydroxylation is 1. The Kier molecular flexibility index (Phi) is 7.69. The van der Waals surface area contributed by atoms with Crippen LogP contribution in [0.2, 0.25) is 5.02 Å². The third-order valence-electron chi connectivity index (χ3n) is 5.38. The van der Waals surface area contributed by atoms with Crippen LogP contribution in [-0.4, -0.2) is 29.9 Å². The minimum Gasteiger partial charge on any atom is -0.352 e. The standard InChI is InChI=1S/C23H27ClFN3O2/c1-16-4-9-20(10-5-16)27-23(30)28-12-2-3-17(15-28)6-11-22(29)26-14-18-7-8-19(25)13-21(18)24/h4-5,7-10,13,17H,2-3,6,11-12,14-15H2,1H3,(H,26,29)(H,27,30)/t17-/m0/s1. The monoisotopic (exact) mass is 431 g/mol.